The first-order valence-electron chi connectivity index (χ1n) is 9.32. The average Bonchev–Trinajstić information content (AvgIpc) is 2.76. The van der Waals surface area contributed by atoms with E-state index in [0.717, 1.165) is 5.56 Å². The molecule has 2 aromatic carbocycles. The van der Waals surface area contributed by atoms with Crippen LogP contribution in [-0.2, 0) is 14.4 Å². The maximum atomic E-state index is 12.1. The predicted octanol–water partition coefficient (Wildman–Crippen LogP) is 1.77. The van der Waals surface area contributed by atoms with Crippen molar-refractivity contribution in [1.29, 1.82) is 0 Å². The van der Waals surface area contributed by atoms with Gasteiger partial charge in [-0.25, -0.2) is 5.43 Å². The van der Waals surface area contributed by atoms with Gasteiger partial charge in [0.25, 0.3) is 5.91 Å². The number of carbonyl (C=O) groups excluding carboxylic acids is 3. The molecule has 0 spiro atoms. The molecule has 0 unspecified atom stereocenters. The average molecular weight is 424 g/mol. The molecule has 0 radical (unpaired) electrons. The molecule has 31 heavy (non-hydrogen) atoms. The highest BCUT2D eigenvalue weighted by Gasteiger charge is 2.11. The normalized spacial score (nSPS) is 10.3. The molecule has 9 nitrogen and oxygen atoms in total. The maximum Gasteiger partial charge on any atom is 0.329 e. The Morgan fingerprint density at radius 2 is 1.90 bits per heavy atom. The zero-order valence-electron chi connectivity index (χ0n) is 17.3. The van der Waals surface area contributed by atoms with Gasteiger partial charge < -0.3 is 20.1 Å². The van der Waals surface area contributed by atoms with Crippen molar-refractivity contribution >= 4 is 29.6 Å². The van der Waals surface area contributed by atoms with Gasteiger partial charge in [-0.2, -0.15) is 5.10 Å². The van der Waals surface area contributed by atoms with Crippen LogP contribution in [0.25, 0.3) is 0 Å². The van der Waals surface area contributed by atoms with Gasteiger partial charge in [0.1, 0.15) is 0 Å². The quantitative estimate of drug-likeness (QED) is 0.245. The number of benzene rings is 2. The summed E-state index contributed by atoms with van der Waals surface area (Å²) in [7, 11) is 1.46. The minimum atomic E-state index is -0.898. The van der Waals surface area contributed by atoms with E-state index in [4.69, 9.17) is 9.47 Å². The molecule has 0 heterocycles. The van der Waals surface area contributed by atoms with Crippen LogP contribution < -0.4 is 25.5 Å². The van der Waals surface area contributed by atoms with Crippen LogP contribution in [0.2, 0.25) is 0 Å². The van der Waals surface area contributed by atoms with Crippen LogP contribution in [0.5, 0.6) is 11.5 Å². The second kappa shape index (κ2) is 11.8. The summed E-state index contributed by atoms with van der Waals surface area (Å²) in [6.45, 7) is 5.35. The van der Waals surface area contributed by atoms with Gasteiger partial charge in [-0.3, -0.25) is 14.4 Å². The lowest BCUT2D eigenvalue weighted by molar-refractivity contribution is -0.139. The highest BCUT2D eigenvalue weighted by Crippen LogP contribution is 2.27. The second-order valence-corrected chi connectivity index (χ2v) is 6.31. The predicted molar refractivity (Wildman–Crippen MR) is 117 cm³/mol. The number of nitrogens with one attached hydrogen (secondary N) is 3. The minimum Gasteiger partial charge on any atom is -0.493 e. The van der Waals surface area contributed by atoms with Crippen LogP contribution in [-0.4, -0.2) is 44.2 Å². The monoisotopic (exact) mass is 424 g/mol. The third-order valence-corrected chi connectivity index (χ3v) is 3.84. The SMILES string of the molecule is C=CCNC(=O)C(=O)N/N=C\c1ccc(OCC(=O)Nc2cccc(C)c2)c(OC)c1. The van der Waals surface area contributed by atoms with Crippen molar-refractivity contribution in [3.05, 3.63) is 66.2 Å². The lowest BCUT2D eigenvalue weighted by Crippen LogP contribution is -2.37. The fourth-order valence-electron chi connectivity index (χ4n) is 2.41. The highest BCUT2D eigenvalue weighted by molar-refractivity contribution is 6.35. The number of hydrazone groups is 1. The first-order valence-corrected chi connectivity index (χ1v) is 9.32. The molecule has 0 aromatic heterocycles. The molecular weight excluding hydrogens is 400 g/mol. The van der Waals surface area contributed by atoms with E-state index in [9.17, 15) is 14.4 Å². The Labute approximate surface area is 180 Å². The van der Waals surface area contributed by atoms with Crippen LogP contribution in [0.1, 0.15) is 11.1 Å². The molecule has 0 saturated carbocycles. The summed E-state index contributed by atoms with van der Waals surface area (Å²) >= 11 is 0. The topological polar surface area (TPSA) is 118 Å². The van der Waals surface area contributed by atoms with Gasteiger partial charge in [0, 0.05) is 12.2 Å². The number of rotatable bonds is 9. The van der Waals surface area contributed by atoms with E-state index in [-0.39, 0.29) is 19.1 Å². The molecule has 2 rings (SSSR count). The largest absolute Gasteiger partial charge is 0.493 e. The molecule has 0 atom stereocenters. The van der Waals surface area contributed by atoms with Gasteiger partial charge in [-0.15, -0.1) is 6.58 Å². The maximum absolute atomic E-state index is 12.1. The number of hydrogen-bond donors (Lipinski definition) is 3. The van der Waals surface area contributed by atoms with Crippen molar-refractivity contribution in [2.45, 2.75) is 6.92 Å². The molecule has 9 heteroatoms. The number of amides is 3. The molecule has 0 aliphatic rings. The second-order valence-electron chi connectivity index (χ2n) is 6.31. The lowest BCUT2D eigenvalue weighted by atomic mass is 10.2. The fourth-order valence-corrected chi connectivity index (χ4v) is 2.41. The Bertz CT molecular complexity index is 988. The summed E-state index contributed by atoms with van der Waals surface area (Å²) in [6.07, 6.45) is 2.80. The zero-order chi connectivity index (χ0) is 22.6. The number of methoxy groups -OCH3 is 1. The summed E-state index contributed by atoms with van der Waals surface area (Å²) in [5.41, 5.74) is 4.42. The molecular formula is C22H24N4O5. The Balaban J connectivity index is 1.91. The number of hydrogen-bond acceptors (Lipinski definition) is 6. The molecule has 2 aromatic rings. The van der Waals surface area contributed by atoms with Gasteiger partial charge in [-0.1, -0.05) is 18.2 Å². The summed E-state index contributed by atoms with van der Waals surface area (Å²) in [5.74, 6) is -1.28. The smallest absolute Gasteiger partial charge is 0.329 e. The van der Waals surface area contributed by atoms with E-state index >= 15 is 0 Å². The first kappa shape index (κ1) is 23.1. The summed E-state index contributed by atoms with van der Waals surface area (Å²) in [6, 6.07) is 12.3. The lowest BCUT2D eigenvalue weighted by Gasteiger charge is -2.11. The van der Waals surface area contributed by atoms with E-state index in [1.54, 1.807) is 24.3 Å². The van der Waals surface area contributed by atoms with Crippen molar-refractivity contribution in [3.8, 4) is 11.5 Å². The van der Waals surface area contributed by atoms with Gasteiger partial charge >= 0.3 is 11.8 Å². The molecule has 0 aliphatic carbocycles. The van der Waals surface area contributed by atoms with E-state index in [0.29, 0.717) is 22.7 Å². The van der Waals surface area contributed by atoms with Crippen LogP contribution in [0, 0.1) is 6.92 Å². The van der Waals surface area contributed by atoms with E-state index < -0.39 is 11.8 Å². The molecule has 0 bridgehead atoms. The van der Waals surface area contributed by atoms with E-state index in [2.05, 4.69) is 27.7 Å². The standard InChI is InChI=1S/C22H24N4O5/c1-4-10-23-21(28)22(29)26-24-13-16-8-9-18(19(12-16)30-3)31-14-20(27)25-17-7-5-6-15(2)11-17/h4-9,11-13H,1,10,14H2,2-3H3,(H,23,28)(H,25,27)(H,26,29)/b24-13-. The summed E-state index contributed by atoms with van der Waals surface area (Å²) < 4.78 is 10.8. The highest BCUT2D eigenvalue weighted by atomic mass is 16.5. The Morgan fingerprint density at radius 3 is 2.61 bits per heavy atom. The zero-order valence-corrected chi connectivity index (χ0v) is 17.3. The third-order valence-electron chi connectivity index (χ3n) is 3.84. The number of nitrogens with zero attached hydrogens (tertiary/aromatic N) is 1. The molecule has 0 aliphatic heterocycles. The molecule has 162 valence electrons. The first-order chi connectivity index (χ1) is 14.9. The van der Waals surface area contributed by atoms with E-state index in [1.807, 2.05) is 25.1 Å². The van der Waals surface area contributed by atoms with Crippen LogP contribution >= 0.6 is 0 Å². The third kappa shape index (κ3) is 7.65. The van der Waals surface area contributed by atoms with Crippen LogP contribution in [0.15, 0.2) is 60.2 Å². The Kier molecular flexibility index (Phi) is 8.78. The van der Waals surface area contributed by atoms with Gasteiger partial charge in [0.2, 0.25) is 0 Å². The summed E-state index contributed by atoms with van der Waals surface area (Å²) in [5, 5.41) is 8.83. The van der Waals surface area contributed by atoms with Crippen molar-refractivity contribution in [2.75, 3.05) is 25.6 Å². The minimum absolute atomic E-state index is 0.178. The Morgan fingerprint density at radius 1 is 1.10 bits per heavy atom. The van der Waals surface area contributed by atoms with Crippen LogP contribution in [0.4, 0.5) is 5.69 Å². The van der Waals surface area contributed by atoms with Crippen molar-refractivity contribution < 1.29 is 23.9 Å². The number of carbonyl (C=O) groups is 3. The Hall–Kier alpha value is -4.14. The van der Waals surface area contributed by atoms with Crippen molar-refractivity contribution in [2.24, 2.45) is 5.10 Å². The number of ether oxygens (including phenoxy) is 2. The van der Waals surface area contributed by atoms with Gasteiger partial charge in [0.05, 0.1) is 13.3 Å². The van der Waals surface area contributed by atoms with Crippen molar-refractivity contribution in [3.63, 3.8) is 0 Å². The molecule has 0 saturated heterocycles. The fraction of sp³-hybridized carbons (Fsp3) is 0.182. The summed E-state index contributed by atoms with van der Waals surface area (Å²) in [4.78, 5) is 35.1. The number of aryl methyl sites for hydroxylation is 1. The van der Waals surface area contributed by atoms with E-state index in [1.165, 1.54) is 19.4 Å². The molecule has 3 amide bonds. The van der Waals surface area contributed by atoms with Crippen molar-refractivity contribution in [1.82, 2.24) is 10.7 Å². The molecule has 0 fully saturated rings. The van der Waals surface area contributed by atoms with Gasteiger partial charge in [0.15, 0.2) is 18.1 Å². The number of anilines is 1. The molecule has 3 N–H and O–H groups in total. The van der Waals surface area contributed by atoms with Crippen LogP contribution in [0.3, 0.4) is 0 Å². The van der Waals surface area contributed by atoms with Gasteiger partial charge in [-0.05, 0) is 48.4 Å².